The van der Waals surface area contributed by atoms with E-state index in [9.17, 15) is 13.2 Å². The standard InChI is InChI=1S/C13H16N4O3S3/c1-3-23(19,20)17-5-4-9-11(6-17)22-13(15-9)16-12(18)10-7-21-8(2)14-10/h7H,3-6H2,1-2H3,(H,15,16,18). The largest absolute Gasteiger partial charge is 0.296 e. The third-order valence-corrected chi connectivity index (χ3v) is 7.13. The molecule has 1 N–H and O–H groups in total. The zero-order chi connectivity index (χ0) is 16.6. The summed E-state index contributed by atoms with van der Waals surface area (Å²) >= 11 is 2.74. The molecule has 0 spiro atoms. The highest BCUT2D eigenvalue weighted by molar-refractivity contribution is 7.89. The minimum atomic E-state index is -3.20. The van der Waals surface area contributed by atoms with Crippen molar-refractivity contribution in [1.82, 2.24) is 14.3 Å². The number of carbonyl (C=O) groups excluding carboxylic acids is 1. The minimum Gasteiger partial charge on any atom is -0.296 e. The van der Waals surface area contributed by atoms with Gasteiger partial charge in [-0.3, -0.25) is 10.1 Å². The van der Waals surface area contributed by atoms with Crippen LogP contribution in [0.25, 0.3) is 0 Å². The van der Waals surface area contributed by atoms with Crippen LogP contribution in [0.5, 0.6) is 0 Å². The summed E-state index contributed by atoms with van der Waals surface area (Å²) in [4.78, 5) is 21.5. The topological polar surface area (TPSA) is 92.3 Å². The molecule has 0 saturated heterocycles. The molecule has 0 bridgehead atoms. The maximum atomic E-state index is 12.1. The number of rotatable bonds is 4. The van der Waals surface area contributed by atoms with E-state index in [1.807, 2.05) is 6.92 Å². The summed E-state index contributed by atoms with van der Waals surface area (Å²) in [5.74, 6) is -0.202. The van der Waals surface area contributed by atoms with Gasteiger partial charge in [-0.15, -0.1) is 22.7 Å². The van der Waals surface area contributed by atoms with Gasteiger partial charge in [0.2, 0.25) is 10.0 Å². The van der Waals surface area contributed by atoms with Crippen LogP contribution < -0.4 is 5.32 Å². The Labute approximate surface area is 142 Å². The highest BCUT2D eigenvalue weighted by Crippen LogP contribution is 2.29. The number of aryl methyl sites for hydroxylation is 1. The fourth-order valence-corrected chi connectivity index (χ4v) is 5.03. The highest BCUT2D eigenvalue weighted by atomic mass is 32.2. The normalized spacial score (nSPS) is 15.4. The van der Waals surface area contributed by atoms with Gasteiger partial charge in [0, 0.05) is 29.8 Å². The fourth-order valence-electron chi connectivity index (χ4n) is 2.27. The molecule has 1 aliphatic rings. The summed E-state index contributed by atoms with van der Waals surface area (Å²) in [6, 6.07) is 0. The van der Waals surface area contributed by atoms with Crippen LogP contribution in [0.1, 0.15) is 33.0 Å². The number of anilines is 1. The van der Waals surface area contributed by atoms with Crippen molar-refractivity contribution in [2.75, 3.05) is 17.6 Å². The molecule has 0 radical (unpaired) electrons. The third kappa shape index (κ3) is 3.44. The van der Waals surface area contributed by atoms with Crippen LogP contribution in [0, 0.1) is 6.92 Å². The first-order chi connectivity index (χ1) is 10.9. The van der Waals surface area contributed by atoms with Crippen LogP contribution in [0.3, 0.4) is 0 Å². The Balaban J connectivity index is 1.75. The third-order valence-electron chi connectivity index (χ3n) is 3.53. The van der Waals surface area contributed by atoms with E-state index >= 15 is 0 Å². The second-order valence-electron chi connectivity index (χ2n) is 5.08. The van der Waals surface area contributed by atoms with Crippen LogP contribution >= 0.6 is 22.7 Å². The zero-order valence-electron chi connectivity index (χ0n) is 12.7. The van der Waals surface area contributed by atoms with Crippen molar-refractivity contribution in [3.05, 3.63) is 26.7 Å². The molecular formula is C13H16N4O3S3. The van der Waals surface area contributed by atoms with Gasteiger partial charge in [0.1, 0.15) is 5.69 Å². The van der Waals surface area contributed by atoms with Crippen molar-refractivity contribution in [1.29, 1.82) is 0 Å². The molecule has 0 saturated carbocycles. The average molecular weight is 372 g/mol. The maximum Gasteiger partial charge on any atom is 0.276 e. The molecule has 7 nitrogen and oxygen atoms in total. The van der Waals surface area contributed by atoms with Gasteiger partial charge < -0.3 is 0 Å². The van der Waals surface area contributed by atoms with Crippen molar-refractivity contribution < 1.29 is 13.2 Å². The van der Waals surface area contributed by atoms with Crippen LogP contribution in [0.2, 0.25) is 0 Å². The summed E-state index contributed by atoms with van der Waals surface area (Å²) in [5.41, 5.74) is 1.23. The van der Waals surface area contributed by atoms with Crippen molar-refractivity contribution in [3.63, 3.8) is 0 Å². The number of thiazole rings is 2. The summed E-state index contributed by atoms with van der Waals surface area (Å²) in [6.07, 6.45) is 0.566. The van der Waals surface area contributed by atoms with E-state index in [0.717, 1.165) is 15.6 Å². The van der Waals surface area contributed by atoms with Gasteiger partial charge in [-0.1, -0.05) is 0 Å². The van der Waals surface area contributed by atoms with E-state index in [4.69, 9.17) is 0 Å². The fraction of sp³-hybridized carbons (Fsp3) is 0.462. The molecule has 3 rings (SSSR count). The summed E-state index contributed by atoms with van der Waals surface area (Å²) in [5, 5.41) is 5.76. The molecule has 0 fully saturated rings. The first-order valence-corrected chi connectivity index (χ1v) is 10.4. The average Bonchev–Trinajstić information content (AvgIpc) is 3.11. The maximum absolute atomic E-state index is 12.1. The first kappa shape index (κ1) is 16.5. The molecule has 1 amide bonds. The van der Waals surface area contributed by atoms with Crippen molar-refractivity contribution >= 4 is 43.7 Å². The quantitative estimate of drug-likeness (QED) is 0.884. The molecule has 0 unspecified atom stereocenters. The second-order valence-corrected chi connectivity index (χ2v) is 9.48. The molecule has 23 heavy (non-hydrogen) atoms. The van der Waals surface area contributed by atoms with Gasteiger partial charge in [0.25, 0.3) is 5.91 Å². The number of hydrogen-bond acceptors (Lipinski definition) is 7. The predicted molar refractivity (Wildman–Crippen MR) is 90.5 cm³/mol. The lowest BCUT2D eigenvalue weighted by molar-refractivity contribution is 0.102. The van der Waals surface area contributed by atoms with E-state index in [1.54, 1.807) is 12.3 Å². The molecule has 0 aromatic carbocycles. The Morgan fingerprint density at radius 3 is 2.87 bits per heavy atom. The van der Waals surface area contributed by atoms with Crippen LogP contribution in [-0.2, 0) is 23.0 Å². The molecule has 0 atom stereocenters. The van der Waals surface area contributed by atoms with E-state index in [1.165, 1.54) is 27.0 Å². The molecular weight excluding hydrogens is 356 g/mol. The number of nitrogens with zero attached hydrogens (tertiary/aromatic N) is 3. The van der Waals surface area contributed by atoms with E-state index in [0.29, 0.717) is 30.3 Å². The zero-order valence-corrected chi connectivity index (χ0v) is 15.1. The second kappa shape index (κ2) is 6.27. The van der Waals surface area contributed by atoms with Crippen LogP contribution in [0.4, 0.5) is 5.13 Å². The number of hydrogen-bond donors (Lipinski definition) is 1. The number of aromatic nitrogens is 2. The SMILES string of the molecule is CCS(=O)(=O)N1CCc2nc(NC(=O)c3csc(C)n3)sc2C1. The smallest absolute Gasteiger partial charge is 0.276 e. The predicted octanol–water partition coefficient (Wildman–Crippen LogP) is 1.87. The molecule has 10 heteroatoms. The number of amides is 1. The Bertz CT molecular complexity index is 841. The number of nitrogens with one attached hydrogen (secondary N) is 1. The first-order valence-electron chi connectivity index (χ1n) is 7.09. The lowest BCUT2D eigenvalue weighted by Crippen LogP contribution is -2.36. The molecule has 2 aromatic heterocycles. The van der Waals surface area contributed by atoms with Crippen molar-refractivity contribution in [3.8, 4) is 0 Å². The molecule has 2 aromatic rings. The van der Waals surface area contributed by atoms with Gasteiger partial charge in [0.05, 0.1) is 16.5 Å². The van der Waals surface area contributed by atoms with E-state index < -0.39 is 10.0 Å². The Kier molecular flexibility index (Phi) is 4.50. The molecule has 124 valence electrons. The van der Waals surface area contributed by atoms with Gasteiger partial charge in [-0.05, 0) is 13.8 Å². The Morgan fingerprint density at radius 1 is 1.43 bits per heavy atom. The lowest BCUT2D eigenvalue weighted by Gasteiger charge is -2.24. The number of fused-ring (bicyclic) bond motifs is 1. The number of carbonyl (C=O) groups is 1. The summed E-state index contributed by atoms with van der Waals surface area (Å²) in [6.45, 7) is 4.24. The van der Waals surface area contributed by atoms with Gasteiger partial charge >= 0.3 is 0 Å². The molecule has 3 heterocycles. The monoisotopic (exact) mass is 372 g/mol. The van der Waals surface area contributed by atoms with Crippen molar-refractivity contribution in [2.24, 2.45) is 0 Å². The minimum absolute atomic E-state index is 0.0912. The number of sulfonamides is 1. The van der Waals surface area contributed by atoms with E-state index in [2.05, 4.69) is 15.3 Å². The molecule has 1 aliphatic heterocycles. The lowest BCUT2D eigenvalue weighted by atomic mass is 10.2. The van der Waals surface area contributed by atoms with Gasteiger partial charge in [-0.25, -0.2) is 18.4 Å². The Hall–Kier alpha value is -1.36. The summed E-state index contributed by atoms with van der Waals surface area (Å²) in [7, 11) is -3.20. The van der Waals surface area contributed by atoms with Crippen LogP contribution in [-0.4, -0.2) is 40.9 Å². The van der Waals surface area contributed by atoms with Gasteiger partial charge in [-0.2, -0.15) is 4.31 Å². The van der Waals surface area contributed by atoms with Crippen molar-refractivity contribution in [2.45, 2.75) is 26.8 Å². The summed E-state index contributed by atoms with van der Waals surface area (Å²) < 4.78 is 25.4. The molecule has 0 aliphatic carbocycles. The Morgan fingerprint density at radius 2 is 2.22 bits per heavy atom. The van der Waals surface area contributed by atoms with E-state index in [-0.39, 0.29) is 11.7 Å². The van der Waals surface area contributed by atoms with Gasteiger partial charge in [0.15, 0.2) is 5.13 Å². The highest BCUT2D eigenvalue weighted by Gasteiger charge is 2.28. The van der Waals surface area contributed by atoms with Crippen LogP contribution in [0.15, 0.2) is 5.38 Å².